The van der Waals surface area contributed by atoms with Crippen LogP contribution in [-0.2, 0) is 0 Å². The average Bonchev–Trinajstić information content (AvgIpc) is 2.62. The summed E-state index contributed by atoms with van der Waals surface area (Å²) in [6.45, 7) is 6.53. The van der Waals surface area contributed by atoms with E-state index in [1.807, 2.05) is 0 Å². The summed E-state index contributed by atoms with van der Waals surface area (Å²) < 4.78 is 0. The summed E-state index contributed by atoms with van der Waals surface area (Å²) in [5, 5.41) is 4.46. The van der Waals surface area contributed by atoms with Gasteiger partial charge in [0, 0.05) is 5.25 Å². The van der Waals surface area contributed by atoms with E-state index in [-0.39, 0.29) is 0 Å². The standard InChI is InChI=1S/C14H28N2S/c1-17-14-5-3-9-16(11-7-14)10-6-13-4-2-8-15-12-13/h13-15H,2-12H2,1H3. The molecule has 0 radical (unpaired) electrons. The molecule has 0 saturated carbocycles. The van der Waals surface area contributed by atoms with Crippen LogP contribution in [0.2, 0.25) is 0 Å². The molecule has 0 aromatic carbocycles. The Bertz CT molecular complexity index is 204. The molecule has 0 aromatic heterocycles. The molecule has 0 spiro atoms. The summed E-state index contributed by atoms with van der Waals surface area (Å²) in [6.07, 6.45) is 10.8. The van der Waals surface area contributed by atoms with E-state index >= 15 is 0 Å². The molecule has 0 amide bonds. The van der Waals surface area contributed by atoms with Gasteiger partial charge in [-0.25, -0.2) is 0 Å². The van der Waals surface area contributed by atoms with Crippen molar-refractivity contribution in [2.75, 3.05) is 39.0 Å². The van der Waals surface area contributed by atoms with Gasteiger partial charge in [-0.15, -0.1) is 0 Å². The normalized spacial score (nSPS) is 32.3. The van der Waals surface area contributed by atoms with Crippen LogP contribution >= 0.6 is 11.8 Å². The fourth-order valence-electron chi connectivity index (χ4n) is 3.12. The zero-order chi connectivity index (χ0) is 11.9. The number of piperidine rings is 1. The zero-order valence-corrected chi connectivity index (χ0v) is 12.1. The van der Waals surface area contributed by atoms with Gasteiger partial charge in [0.15, 0.2) is 0 Å². The first-order valence-electron chi connectivity index (χ1n) is 7.34. The molecule has 17 heavy (non-hydrogen) atoms. The lowest BCUT2D eigenvalue weighted by molar-refractivity contribution is 0.244. The van der Waals surface area contributed by atoms with Gasteiger partial charge in [-0.05, 0) is 83.4 Å². The Morgan fingerprint density at radius 1 is 1.18 bits per heavy atom. The van der Waals surface area contributed by atoms with Crippen LogP contribution in [0, 0.1) is 5.92 Å². The van der Waals surface area contributed by atoms with Crippen molar-refractivity contribution in [3.8, 4) is 0 Å². The number of thioether (sulfide) groups is 1. The SMILES string of the molecule is CSC1CCCN(CCC2CCCNC2)CC1. The maximum absolute atomic E-state index is 3.53. The molecular formula is C14H28N2S. The van der Waals surface area contributed by atoms with Crippen LogP contribution in [0.15, 0.2) is 0 Å². The highest BCUT2D eigenvalue weighted by molar-refractivity contribution is 7.99. The molecule has 2 heterocycles. The monoisotopic (exact) mass is 256 g/mol. The van der Waals surface area contributed by atoms with Crippen LogP contribution < -0.4 is 5.32 Å². The molecule has 2 nitrogen and oxygen atoms in total. The fraction of sp³-hybridized carbons (Fsp3) is 1.00. The maximum atomic E-state index is 3.53. The maximum Gasteiger partial charge on any atom is 0.00569 e. The first-order valence-corrected chi connectivity index (χ1v) is 8.63. The molecule has 1 N–H and O–H groups in total. The van der Waals surface area contributed by atoms with Gasteiger partial charge in [-0.2, -0.15) is 11.8 Å². The van der Waals surface area contributed by atoms with Gasteiger partial charge in [0.1, 0.15) is 0 Å². The zero-order valence-electron chi connectivity index (χ0n) is 11.3. The van der Waals surface area contributed by atoms with E-state index in [0.29, 0.717) is 0 Å². The van der Waals surface area contributed by atoms with Gasteiger partial charge < -0.3 is 10.2 Å². The summed E-state index contributed by atoms with van der Waals surface area (Å²) >= 11 is 2.07. The topological polar surface area (TPSA) is 15.3 Å². The molecule has 0 aromatic rings. The van der Waals surface area contributed by atoms with Crippen LogP contribution in [0.3, 0.4) is 0 Å². The number of hydrogen-bond acceptors (Lipinski definition) is 3. The fourth-order valence-corrected chi connectivity index (χ4v) is 3.86. The third kappa shape index (κ3) is 4.80. The van der Waals surface area contributed by atoms with Gasteiger partial charge >= 0.3 is 0 Å². The van der Waals surface area contributed by atoms with Gasteiger partial charge in [0.25, 0.3) is 0 Å². The van der Waals surface area contributed by atoms with Crippen molar-refractivity contribution >= 4 is 11.8 Å². The third-order valence-corrected chi connectivity index (χ3v) is 5.49. The summed E-state index contributed by atoms with van der Waals surface area (Å²) in [5.41, 5.74) is 0. The van der Waals surface area contributed by atoms with E-state index in [2.05, 4.69) is 28.2 Å². The van der Waals surface area contributed by atoms with Gasteiger partial charge in [0.2, 0.25) is 0 Å². The van der Waals surface area contributed by atoms with E-state index in [4.69, 9.17) is 0 Å². The first kappa shape index (κ1) is 13.7. The molecule has 2 rings (SSSR count). The number of nitrogens with zero attached hydrogens (tertiary/aromatic N) is 1. The van der Waals surface area contributed by atoms with Crippen LogP contribution in [0.5, 0.6) is 0 Å². The highest BCUT2D eigenvalue weighted by Gasteiger charge is 2.18. The third-order valence-electron chi connectivity index (χ3n) is 4.35. The molecule has 2 atom stereocenters. The number of nitrogens with one attached hydrogen (secondary N) is 1. The molecule has 0 bridgehead atoms. The molecule has 3 heteroatoms. The lowest BCUT2D eigenvalue weighted by Gasteiger charge is -2.26. The van der Waals surface area contributed by atoms with E-state index in [0.717, 1.165) is 11.2 Å². The highest BCUT2D eigenvalue weighted by Crippen LogP contribution is 2.22. The predicted octanol–water partition coefficient (Wildman–Crippen LogP) is 2.59. The minimum Gasteiger partial charge on any atom is -0.316 e. The molecular weight excluding hydrogens is 228 g/mol. The number of likely N-dealkylation sites (tertiary alicyclic amines) is 1. The first-order chi connectivity index (χ1) is 8.38. The van der Waals surface area contributed by atoms with E-state index in [1.54, 1.807) is 0 Å². The quantitative estimate of drug-likeness (QED) is 0.832. The molecule has 2 aliphatic rings. The summed E-state index contributed by atoms with van der Waals surface area (Å²) in [6, 6.07) is 0. The van der Waals surface area contributed by atoms with Crippen LogP contribution in [-0.4, -0.2) is 49.1 Å². The van der Waals surface area contributed by atoms with Crippen molar-refractivity contribution in [3.63, 3.8) is 0 Å². The largest absolute Gasteiger partial charge is 0.316 e. The van der Waals surface area contributed by atoms with E-state index in [1.165, 1.54) is 71.2 Å². The minimum absolute atomic E-state index is 0.927. The lowest BCUT2D eigenvalue weighted by atomic mass is 9.96. The second kappa shape index (κ2) is 7.65. The Labute approximate surface area is 111 Å². The van der Waals surface area contributed by atoms with Crippen molar-refractivity contribution in [2.45, 2.75) is 43.8 Å². The van der Waals surface area contributed by atoms with Gasteiger partial charge in [-0.1, -0.05) is 0 Å². The molecule has 2 aliphatic heterocycles. The van der Waals surface area contributed by atoms with Crippen molar-refractivity contribution in [1.82, 2.24) is 10.2 Å². The second-order valence-corrected chi connectivity index (χ2v) is 6.77. The van der Waals surface area contributed by atoms with E-state index < -0.39 is 0 Å². The number of hydrogen-bond donors (Lipinski definition) is 1. The smallest absolute Gasteiger partial charge is 0.00569 e. The minimum atomic E-state index is 0.927. The van der Waals surface area contributed by atoms with Crippen molar-refractivity contribution in [3.05, 3.63) is 0 Å². The average molecular weight is 256 g/mol. The van der Waals surface area contributed by atoms with Crippen molar-refractivity contribution in [1.29, 1.82) is 0 Å². The molecule has 2 unspecified atom stereocenters. The summed E-state index contributed by atoms with van der Waals surface area (Å²) in [5.74, 6) is 0.948. The van der Waals surface area contributed by atoms with Gasteiger partial charge in [0.05, 0.1) is 0 Å². The Morgan fingerprint density at radius 2 is 2.12 bits per heavy atom. The molecule has 2 fully saturated rings. The second-order valence-electron chi connectivity index (χ2n) is 5.63. The Morgan fingerprint density at radius 3 is 2.88 bits per heavy atom. The Hall–Kier alpha value is 0.270. The number of rotatable bonds is 4. The van der Waals surface area contributed by atoms with Crippen LogP contribution in [0.4, 0.5) is 0 Å². The highest BCUT2D eigenvalue weighted by atomic mass is 32.2. The molecule has 2 saturated heterocycles. The van der Waals surface area contributed by atoms with Gasteiger partial charge in [-0.3, -0.25) is 0 Å². The summed E-state index contributed by atoms with van der Waals surface area (Å²) in [7, 11) is 0. The molecule has 100 valence electrons. The Balaban J connectivity index is 1.64. The molecule has 0 aliphatic carbocycles. The van der Waals surface area contributed by atoms with Crippen LogP contribution in [0.25, 0.3) is 0 Å². The van der Waals surface area contributed by atoms with Crippen molar-refractivity contribution < 1.29 is 0 Å². The summed E-state index contributed by atoms with van der Waals surface area (Å²) in [4.78, 5) is 2.71. The lowest BCUT2D eigenvalue weighted by Crippen LogP contribution is -2.33. The van der Waals surface area contributed by atoms with Crippen LogP contribution in [0.1, 0.15) is 38.5 Å². The Kier molecular flexibility index (Phi) is 6.16. The van der Waals surface area contributed by atoms with Crippen molar-refractivity contribution in [2.24, 2.45) is 5.92 Å². The van der Waals surface area contributed by atoms with E-state index in [9.17, 15) is 0 Å². The predicted molar refractivity (Wildman–Crippen MR) is 77.8 cm³/mol.